The van der Waals surface area contributed by atoms with Crippen LogP contribution in [0.15, 0.2) is 24.5 Å². The van der Waals surface area contributed by atoms with Gasteiger partial charge in [0.05, 0.1) is 0 Å². The third-order valence-corrected chi connectivity index (χ3v) is 1.49. The molecule has 0 atom stereocenters. The minimum atomic E-state index is 0.903. The first-order valence-corrected chi connectivity index (χ1v) is 4.55. The van der Waals surface area contributed by atoms with E-state index < -0.39 is 0 Å². The van der Waals surface area contributed by atoms with Crippen molar-refractivity contribution in [3.8, 4) is 0 Å². The molecular formula is C10H15N3. The summed E-state index contributed by atoms with van der Waals surface area (Å²) in [6, 6.07) is 5.90. The van der Waals surface area contributed by atoms with Crippen molar-refractivity contribution in [1.82, 2.24) is 14.6 Å². The van der Waals surface area contributed by atoms with Crippen LogP contribution in [0.5, 0.6) is 0 Å². The van der Waals surface area contributed by atoms with E-state index in [1.54, 1.807) is 10.8 Å². The molecule has 0 saturated heterocycles. The van der Waals surface area contributed by atoms with Gasteiger partial charge < -0.3 is 0 Å². The molecule has 3 heteroatoms. The Kier molecular flexibility index (Phi) is 3.43. The van der Waals surface area contributed by atoms with E-state index in [1.165, 1.54) is 6.42 Å². The fourth-order valence-corrected chi connectivity index (χ4v) is 0.980. The lowest BCUT2D eigenvalue weighted by atomic mass is 10.4. The van der Waals surface area contributed by atoms with E-state index in [1.807, 2.05) is 25.1 Å². The number of pyridine rings is 1. The van der Waals surface area contributed by atoms with E-state index in [0.29, 0.717) is 0 Å². The zero-order valence-electron chi connectivity index (χ0n) is 8.36. The largest absolute Gasteiger partial charge is 0.218 e. The van der Waals surface area contributed by atoms with Crippen LogP contribution in [-0.2, 0) is 0 Å². The molecule has 0 N–H and O–H groups in total. The third-order valence-electron chi connectivity index (χ3n) is 1.49. The topological polar surface area (TPSA) is 30.2 Å². The van der Waals surface area contributed by atoms with Crippen LogP contribution in [0.25, 0.3) is 5.65 Å². The monoisotopic (exact) mass is 177 g/mol. The van der Waals surface area contributed by atoms with Gasteiger partial charge in [0.2, 0.25) is 0 Å². The molecule has 0 aliphatic heterocycles. The molecule has 0 aliphatic rings. The fourth-order valence-electron chi connectivity index (χ4n) is 0.980. The second-order valence-electron chi connectivity index (χ2n) is 2.90. The highest BCUT2D eigenvalue weighted by atomic mass is 15.3. The maximum atomic E-state index is 4.03. The molecule has 0 aliphatic carbocycles. The fraction of sp³-hybridized carbons (Fsp3) is 0.400. The van der Waals surface area contributed by atoms with Gasteiger partial charge in [-0.3, -0.25) is 0 Å². The van der Waals surface area contributed by atoms with Crippen molar-refractivity contribution in [2.24, 2.45) is 0 Å². The molecule has 0 unspecified atom stereocenters. The highest BCUT2D eigenvalue weighted by molar-refractivity contribution is 5.36. The summed E-state index contributed by atoms with van der Waals surface area (Å²) in [7, 11) is 0. The Morgan fingerprint density at radius 2 is 2.00 bits per heavy atom. The number of aromatic nitrogens is 3. The molecule has 3 nitrogen and oxygen atoms in total. The smallest absolute Gasteiger partial charge is 0.155 e. The van der Waals surface area contributed by atoms with Crippen molar-refractivity contribution in [3.05, 3.63) is 30.2 Å². The van der Waals surface area contributed by atoms with E-state index in [0.717, 1.165) is 11.3 Å². The van der Waals surface area contributed by atoms with Crippen molar-refractivity contribution >= 4 is 5.65 Å². The summed E-state index contributed by atoms with van der Waals surface area (Å²) in [6.45, 7) is 6.25. The minimum absolute atomic E-state index is 0.903. The maximum Gasteiger partial charge on any atom is 0.155 e. The molecule has 13 heavy (non-hydrogen) atoms. The molecule has 0 aromatic carbocycles. The summed E-state index contributed by atoms with van der Waals surface area (Å²) >= 11 is 0. The zero-order valence-corrected chi connectivity index (χ0v) is 8.36. The van der Waals surface area contributed by atoms with E-state index in [-0.39, 0.29) is 0 Å². The molecule has 0 saturated carbocycles. The minimum Gasteiger partial charge on any atom is -0.218 e. The number of rotatable bonds is 0. The number of hydrogen-bond acceptors (Lipinski definition) is 2. The summed E-state index contributed by atoms with van der Waals surface area (Å²) in [5.41, 5.74) is 2.01. The average Bonchev–Trinajstić information content (AvgIpc) is 2.54. The van der Waals surface area contributed by atoms with E-state index in [2.05, 4.69) is 23.9 Å². The zero-order chi connectivity index (χ0) is 9.68. The van der Waals surface area contributed by atoms with Crippen LogP contribution in [0.1, 0.15) is 26.0 Å². The Morgan fingerprint density at radius 3 is 2.62 bits per heavy atom. The molecule has 2 aromatic heterocycles. The first-order chi connectivity index (χ1) is 6.29. The predicted octanol–water partition coefficient (Wildman–Crippen LogP) is 2.45. The number of hydrogen-bond donors (Lipinski definition) is 0. The quantitative estimate of drug-likeness (QED) is 0.618. The van der Waals surface area contributed by atoms with Gasteiger partial charge >= 0.3 is 0 Å². The van der Waals surface area contributed by atoms with Crippen LogP contribution in [-0.4, -0.2) is 14.6 Å². The molecule has 0 spiro atoms. The molecule has 0 fully saturated rings. The lowest BCUT2D eigenvalue weighted by Gasteiger charge is -1.93. The summed E-state index contributed by atoms with van der Waals surface area (Å²) in [6.07, 6.45) is 2.81. The first kappa shape index (κ1) is 9.71. The highest BCUT2D eigenvalue weighted by Gasteiger charge is 1.93. The lowest BCUT2D eigenvalue weighted by Crippen LogP contribution is -1.90. The predicted molar refractivity (Wildman–Crippen MR) is 53.7 cm³/mol. The van der Waals surface area contributed by atoms with Crippen molar-refractivity contribution in [2.75, 3.05) is 0 Å². The molecule has 2 heterocycles. The molecular weight excluding hydrogens is 162 g/mol. The Morgan fingerprint density at radius 1 is 1.31 bits per heavy atom. The Labute approximate surface area is 78.4 Å². The second kappa shape index (κ2) is 4.60. The van der Waals surface area contributed by atoms with Gasteiger partial charge in [0, 0.05) is 5.69 Å². The maximum absolute atomic E-state index is 4.03. The highest BCUT2D eigenvalue weighted by Crippen LogP contribution is 2.00. The first-order valence-electron chi connectivity index (χ1n) is 4.55. The molecule has 0 amide bonds. The molecule has 2 rings (SSSR count). The van der Waals surface area contributed by atoms with Gasteiger partial charge in [-0.2, -0.15) is 5.10 Å². The second-order valence-corrected chi connectivity index (χ2v) is 2.90. The van der Waals surface area contributed by atoms with Gasteiger partial charge in [0.15, 0.2) is 5.65 Å². The Hall–Kier alpha value is -1.38. The Bertz CT molecular complexity index is 365. The van der Waals surface area contributed by atoms with Crippen molar-refractivity contribution < 1.29 is 0 Å². The summed E-state index contributed by atoms with van der Waals surface area (Å²) < 4.78 is 1.81. The molecule has 0 radical (unpaired) electrons. The summed E-state index contributed by atoms with van der Waals surface area (Å²) in [5.74, 6) is 0. The van der Waals surface area contributed by atoms with Crippen molar-refractivity contribution in [3.63, 3.8) is 0 Å². The van der Waals surface area contributed by atoms with Crippen LogP contribution < -0.4 is 0 Å². The van der Waals surface area contributed by atoms with E-state index >= 15 is 0 Å². The molecule has 0 bridgehead atoms. The number of fused-ring (bicyclic) bond motifs is 1. The third kappa shape index (κ3) is 2.28. The van der Waals surface area contributed by atoms with Crippen LogP contribution in [0.4, 0.5) is 0 Å². The summed E-state index contributed by atoms with van der Waals surface area (Å²) in [4.78, 5) is 4.03. The van der Waals surface area contributed by atoms with E-state index in [4.69, 9.17) is 0 Å². The van der Waals surface area contributed by atoms with Gasteiger partial charge in [-0.15, -0.1) is 0 Å². The van der Waals surface area contributed by atoms with Crippen LogP contribution in [0.2, 0.25) is 0 Å². The van der Waals surface area contributed by atoms with Gasteiger partial charge in [-0.1, -0.05) is 26.3 Å². The SMILES string of the molecule is CCC.Cc1cccc2ncnn12. The Balaban J connectivity index is 0.000000251. The van der Waals surface area contributed by atoms with E-state index in [9.17, 15) is 0 Å². The molecule has 2 aromatic rings. The molecule has 70 valence electrons. The van der Waals surface area contributed by atoms with Crippen LogP contribution in [0.3, 0.4) is 0 Å². The van der Waals surface area contributed by atoms with Gasteiger partial charge in [-0.05, 0) is 19.1 Å². The normalized spacial score (nSPS) is 9.46. The number of aryl methyl sites for hydroxylation is 1. The number of nitrogens with zero attached hydrogens (tertiary/aromatic N) is 3. The average molecular weight is 177 g/mol. The van der Waals surface area contributed by atoms with Gasteiger partial charge in [0.1, 0.15) is 6.33 Å². The standard InChI is InChI=1S/C7H7N3.C3H8/c1-6-3-2-4-7-8-5-9-10(6)7;1-3-2/h2-5H,1H3;3H2,1-2H3. The van der Waals surface area contributed by atoms with Gasteiger partial charge in [0.25, 0.3) is 0 Å². The van der Waals surface area contributed by atoms with Crippen LogP contribution in [0, 0.1) is 6.92 Å². The van der Waals surface area contributed by atoms with Gasteiger partial charge in [-0.25, -0.2) is 9.50 Å². The van der Waals surface area contributed by atoms with Crippen molar-refractivity contribution in [2.45, 2.75) is 27.2 Å². The lowest BCUT2D eigenvalue weighted by molar-refractivity contribution is 0.915. The van der Waals surface area contributed by atoms with Crippen molar-refractivity contribution in [1.29, 1.82) is 0 Å². The van der Waals surface area contributed by atoms with Crippen LogP contribution >= 0.6 is 0 Å². The summed E-state index contributed by atoms with van der Waals surface area (Å²) in [5, 5.41) is 4.02.